The first-order chi connectivity index (χ1) is 13.0. The number of fused-ring (bicyclic) bond motifs is 2. The van der Waals surface area contributed by atoms with Crippen LogP contribution in [0.15, 0.2) is 29.1 Å². The lowest BCUT2D eigenvalue weighted by Crippen LogP contribution is -2.26. The number of aryl methyl sites for hydroxylation is 2. The van der Waals surface area contributed by atoms with E-state index in [2.05, 4.69) is 4.98 Å². The van der Waals surface area contributed by atoms with Gasteiger partial charge < -0.3 is 9.64 Å². The van der Waals surface area contributed by atoms with E-state index >= 15 is 0 Å². The van der Waals surface area contributed by atoms with Gasteiger partial charge in [-0.3, -0.25) is 14.2 Å². The number of benzene rings is 1. The molecule has 1 aromatic carbocycles. The van der Waals surface area contributed by atoms with Crippen molar-refractivity contribution in [1.82, 2.24) is 14.5 Å². The quantitative estimate of drug-likeness (QED) is 0.695. The molecule has 4 rings (SSSR count). The van der Waals surface area contributed by atoms with Gasteiger partial charge in [-0.05, 0) is 25.0 Å². The van der Waals surface area contributed by atoms with Gasteiger partial charge in [0, 0.05) is 32.1 Å². The zero-order valence-corrected chi connectivity index (χ0v) is 16.4. The Morgan fingerprint density at radius 2 is 2.15 bits per heavy atom. The first kappa shape index (κ1) is 17.7. The van der Waals surface area contributed by atoms with Crippen molar-refractivity contribution in [3.63, 3.8) is 0 Å². The Morgan fingerprint density at radius 1 is 1.37 bits per heavy atom. The summed E-state index contributed by atoms with van der Waals surface area (Å²) in [6.07, 6.45) is 1.77. The van der Waals surface area contributed by atoms with Crippen LogP contribution in [-0.2, 0) is 19.5 Å². The summed E-state index contributed by atoms with van der Waals surface area (Å²) in [4.78, 5) is 33.4. The summed E-state index contributed by atoms with van der Waals surface area (Å²) in [5, 5.41) is 0.583. The Bertz CT molecular complexity index is 1100. The topological polar surface area (TPSA) is 64.4 Å². The molecule has 0 atom stereocenters. The average Bonchev–Trinajstić information content (AvgIpc) is 3.26. The van der Waals surface area contributed by atoms with Gasteiger partial charge in [0.05, 0.1) is 17.4 Å². The summed E-state index contributed by atoms with van der Waals surface area (Å²) in [6, 6.07) is 7.65. The molecule has 1 aliphatic heterocycles. The second kappa shape index (κ2) is 6.81. The molecule has 0 N–H and O–H groups in total. The van der Waals surface area contributed by atoms with Gasteiger partial charge in [0.15, 0.2) is 0 Å². The van der Waals surface area contributed by atoms with Crippen LogP contribution in [0.5, 0.6) is 5.75 Å². The number of hydrogen-bond acceptors (Lipinski definition) is 5. The zero-order chi connectivity index (χ0) is 19.1. The fourth-order valence-electron chi connectivity index (χ4n) is 3.61. The van der Waals surface area contributed by atoms with Crippen molar-refractivity contribution < 1.29 is 9.53 Å². The number of thiophene rings is 1. The summed E-state index contributed by atoms with van der Waals surface area (Å²) < 4.78 is 7.12. The van der Waals surface area contributed by atoms with Crippen molar-refractivity contribution in [1.29, 1.82) is 0 Å². The van der Waals surface area contributed by atoms with E-state index in [4.69, 9.17) is 4.74 Å². The second-order valence-corrected chi connectivity index (χ2v) is 7.80. The number of aromatic nitrogens is 2. The fourth-order valence-corrected chi connectivity index (χ4v) is 4.80. The minimum atomic E-state index is -0.106. The summed E-state index contributed by atoms with van der Waals surface area (Å²) in [5.74, 6) is 1.47. The lowest BCUT2D eigenvalue weighted by molar-refractivity contribution is 0.0788. The van der Waals surface area contributed by atoms with E-state index in [1.165, 1.54) is 11.3 Å². The highest BCUT2D eigenvalue weighted by molar-refractivity contribution is 7.20. The lowest BCUT2D eigenvalue weighted by atomic mass is 10.1. The maximum atomic E-state index is 13.1. The molecule has 27 heavy (non-hydrogen) atoms. The molecule has 7 heteroatoms. The molecule has 0 saturated carbocycles. The number of ether oxygens (including phenoxy) is 1. The Hall–Kier alpha value is -2.67. The third kappa shape index (κ3) is 2.92. The van der Waals surface area contributed by atoms with Crippen molar-refractivity contribution in [2.24, 2.45) is 0 Å². The minimum absolute atomic E-state index is 0.0207. The highest BCUT2D eigenvalue weighted by Crippen LogP contribution is 2.30. The van der Waals surface area contributed by atoms with E-state index in [0.717, 1.165) is 35.5 Å². The van der Waals surface area contributed by atoms with E-state index < -0.39 is 0 Å². The van der Waals surface area contributed by atoms with Crippen molar-refractivity contribution in [2.45, 2.75) is 32.9 Å². The molecule has 0 fully saturated rings. The summed E-state index contributed by atoms with van der Waals surface area (Å²) in [5.41, 5.74) is 1.64. The third-order valence-corrected chi connectivity index (χ3v) is 6.23. The van der Waals surface area contributed by atoms with Gasteiger partial charge in [0.25, 0.3) is 11.5 Å². The molecule has 140 valence electrons. The molecule has 0 spiro atoms. The van der Waals surface area contributed by atoms with Gasteiger partial charge in [-0.25, -0.2) is 4.98 Å². The largest absolute Gasteiger partial charge is 0.496 e. The Balaban J connectivity index is 1.70. The number of hydrogen-bond donors (Lipinski definition) is 0. The van der Waals surface area contributed by atoms with Crippen LogP contribution in [0.4, 0.5) is 0 Å². The number of rotatable bonds is 4. The summed E-state index contributed by atoms with van der Waals surface area (Å²) in [6.45, 7) is 2.98. The van der Waals surface area contributed by atoms with Crippen LogP contribution in [0, 0.1) is 6.92 Å². The van der Waals surface area contributed by atoms with Crippen molar-refractivity contribution >= 4 is 27.5 Å². The number of carbonyl (C=O) groups excluding carboxylic acids is 1. The normalized spacial score (nSPS) is 13.0. The van der Waals surface area contributed by atoms with E-state index in [1.807, 2.05) is 31.2 Å². The fraction of sp³-hybridized carbons (Fsp3) is 0.350. The van der Waals surface area contributed by atoms with Crippen molar-refractivity contribution in [3.05, 3.63) is 56.4 Å². The first-order valence-corrected chi connectivity index (χ1v) is 9.73. The standard InChI is InChI=1S/C20H21N3O3S/c1-12-16-18(21-15-9-6-10-23(15)19(16)24)27-17(12)20(25)22(2)11-13-7-4-5-8-14(13)26-3/h4-5,7-8H,6,9-11H2,1-3H3. The number of methoxy groups -OCH3 is 1. The summed E-state index contributed by atoms with van der Waals surface area (Å²) in [7, 11) is 3.38. The predicted octanol–water partition coefficient (Wildman–Crippen LogP) is 2.99. The number of nitrogens with zero attached hydrogens (tertiary/aromatic N) is 3. The van der Waals surface area contributed by atoms with E-state index in [1.54, 1.807) is 23.6 Å². The van der Waals surface area contributed by atoms with Crippen LogP contribution >= 0.6 is 11.3 Å². The van der Waals surface area contributed by atoms with Crippen LogP contribution < -0.4 is 10.3 Å². The van der Waals surface area contributed by atoms with Gasteiger partial charge in [-0.15, -0.1) is 11.3 Å². The average molecular weight is 383 g/mol. The van der Waals surface area contributed by atoms with Crippen LogP contribution in [0.3, 0.4) is 0 Å². The van der Waals surface area contributed by atoms with Gasteiger partial charge in [0.2, 0.25) is 0 Å². The minimum Gasteiger partial charge on any atom is -0.496 e. The van der Waals surface area contributed by atoms with E-state index in [9.17, 15) is 9.59 Å². The van der Waals surface area contributed by atoms with Gasteiger partial charge in [-0.1, -0.05) is 18.2 Å². The van der Waals surface area contributed by atoms with Gasteiger partial charge >= 0.3 is 0 Å². The van der Waals surface area contributed by atoms with Gasteiger partial charge in [-0.2, -0.15) is 0 Å². The van der Waals surface area contributed by atoms with Crippen LogP contribution in [-0.4, -0.2) is 34.5 Å². The molecule has 1 aliphatic rings. The molecule has 0 saturated heterocycles. The molecular formula is C20H21N3O3S. The van der Waals surface area contributed by atoms with Gasteiger partial charge in [0.1, 0.15) is 16.4 Å². The van der Waals surface area contributed by atoms with Crippen molar-refractivity contribution in [3.8, 4) is 5.75 Å². The molecule has 1 amide bonds. The molecule has 0 radical (unpaired) electrons. The number of amides is 1. The molecule has 6 nitrogen and oxygen atoms in total. The van der Waals surface area contributed by atoms with Crippen molar-refractivity contribution in [2.75, 3.05) is 14.2 Å². The molecule has 0 aliphatic carbocycles. The van der Waals surface area contributed by atoms with Crippen LogP contribution in [0.2, 0.25) is 0 Å². The molecule has 3 aromatic rings. The number of carbonyl (C=O) groups is 1. The molecule has 2 aromatic heterocycles. The smallest absolute Gasteiger partial charge is 0.264 e. The predicted molar refractivity (Wildman–Crippen MR) is 106 cm³/mol. The Morgan fingerprint density at radius 3 is 2.93 bits per heavy atom. The Labute approximate surface area is 161 Å². The second-order valence-electron chi connectivity index (χ2n) is 6.80. The maximum absolute atomic E-state index is 13.1. The highest BCUT2D eigenvalue weighted by atomic mass is 32.1. The van der Waals surface area contributed by atoms with E-state index in [-0.39, 0.29) is 11.5 Å². The lowest BCUT2D eigenvalue weighted by Gasteiger charge is -2.18. The maximum Gasteiger partial charge on any atom is 0.264 e. The summed E-state index contributed by atoms with van der Waals surface area (Å²) >= 11 is 1.31. The SMILES string of the molecule is COc1ccccc1CN(C)C(=O)c1sc2nc3n(c(=O)c2c1C)CCC3. The molecule has 3 heterocycles. The van der Waals surface area contributed by atoms with E-state index in [0.29, 0.717) is 28.2 Å². The third-order valence-electron chi connectivity index (χ3n) is 5.05. The first-order valence-electron chi connectivity index (χ1n) is 8.91. The molecule has 0 bridgehead atoms. The number of para-hydroxylation sites is 1. The van der Waals surface area contributed by atoms with Crippen LogP contribution in [0.25, 0.3) is 10.2 Å². The van der Waals surface area contributed by atoms with Crippen LogP contribution in [0.1, 0.15) is 33.0 Å². The zero-order valence-electron chi connectivity index (χ0n) is 15.6. The Kier molecular flexibility index (Phi) is 4.47. The monoisotopic (exact) mass is 383 g/mol. The molecular weight excluding hydrogens is 362 g/mol. The highest BCUT2D eigenvalue weighted by Gasteiger charge is 2.25. The molecule has 0 unspecified atom stereocenters.